The minimum Gasteiger partial charge on any atom is -0.550 e. The fourth-order valence-electron chi connectivity index (χ4n) is 2.06. The van der Waals surface area contributed by atoms with Gasteiger partial charge in [0.25, 0.3) is 5.91 Å². The van der Waals surface area contributed by atoms with Crippen molar-refractivity contribution in [2.45, 2.75) is 32.6 Å². The lowest BCUT2D eigenvalue weighted by Gasteiger charge is -2.14. The zero-order valence-electron chi connectivity index (χ0n) is 12.2. The van der Waals surface area contributed by atoms with E-state index in [4.69, 9.17) is 12.2 Å². The van der Waals surface area contributed by atoms with Crippen LogP contribution in [-0.4, -0.2) is 27.6 Å². The maximum Gasteiger partial charge on any atom is 0.266 e. The fraction of sp³-hybridized carbons (Fsp3) is 0.400. The van der Waals surface area contributed by atoms with E-state index in [9.17, 15) is 14.7 Å². The first-order valence-corrected chi connectivity index (χ1v) is 9.09. The Morgan fingerprint density at radius 2 is 2.18 bits per heavy atom. The van der Waals surface area contributed by atoms with Gasteiger partial charge in [-0.25, -0.2) is 0 Å². The Bertz CT molecular complexity index is 621. The van der Waals surface area contributed by atoms with Crippen molar-refractivity contribution in [2.24, 2.45) is 0 Å². The van der Waals surface area contributed by atoms with E-state index in [1.54, 1.807) is 16.2 Å². The quantitative estimate of drug-likeness (QED) is 0.428. The summed E-state index contributed by atoms with van der Waals surface area (Å²) in [5.74, 6) is -1.08. The highest BCUT2D eigenvalue weighted by molar-refractivity contribution is 8.26. The normalized spacial score (nSPS) is 16.8. The highest BCUT2D eigenvalue weighted by atomic mass is 32.2. The number of thiocarbonyl (C=S) groups is 1. The number of unbranched alkanes of at least 4 members (excludes halogenated alkanes) is 2. The monoisotopic (exact) mass is 354 g/mol. The molecule has 7 heteroatoms. The average molecular weight is 354 g/mol. The van der Waals surface area contributed by atoms with Gasteiger partial charge in [0, 0.05) is 17.4 Å². The Hall–Kier alpha value is -1.18. The number of carbonyl (C=O) groups is 2. The number of rotatable bonds is 7. The molecule has 0 spiro atoms. The van der Waals surface area contributed by atoms with Gasteiger partial charge in [0.2, 0.25) is 0 Å². The van der Waals surface area contributed by atoms with Crippen molar-refractivity contribution in [3.8, 4) is 0 Å². The van der Waals surface area contributed by atoms with Crippen molar-refractivity contribution in [2.75, 3.05) is 6.54 Å². The molecular weight excluding hydrogens is 338 g/mol. The third kappa shape index (κ3) is 4.41. The van der Waals surface area contributed by atoms with E-state index in [0.717, 1.165) is 23.3 Å². The molecule has 1 aliphatic heterocycles. The van der Waals surface area contributed by atoms with Crippen LogP contribution in [0.1, 0.15) is 36.1 Å². The zero-order valence-corrected chi connectivity index (χ0v) is 14.6. The molecular formula is C15H16NO3S3-. The Kier molecular flexibility index (Phi) is 6.16. The number of amides is 1. The van der Waals surface area contributed by atoms with Crippen LogP contribution in [0.4, 0.5) is 0 Å². The third-order valence-electron chi connectivity index (χ3n) is 3.30. The van der Waals surface area contributed by atoms with Crippen molar-refractivity contribution in [3.05, 3.63) is 26.8 Å². The summed E-state index contributed by atoms with van der Waals surface area (Å²) in [5.41, 5.74) is 1.15. The molecule has 1 saturated heterocycles. The molecule has 0 unspecified atom stereocenters. The number of nitrogens with zero attached hydrogens (tertiary/aromatic N) is 1. The van der Waals surface area contributed by atoms with Gasteiger partial charge in [0.15, 0.2) is 0 Å². The average Bonchev–Trinajstić information content (AvgIpc) is 2.96. The van der Waals surface area contributed by atoms with E-state index in [1.807, 2.05) is 24.4 Å². The van der Waals surface area contributed by atoms with Gasteiger partial charge in [0.05, 0.1) is 4.91 Å². The number of hydrogen-bond donors (Lipinski definition) is 0. The van der Waals surface area contributed by atoms with E-state index in [0.29, 0.717) is 22.2 Å². The van der Waals surface area contributed by atoms with Crippen LogP contribution in [0, 0.1) is 6.92 Å². The lowest BCUT2D eigenvalue weighted by Crippen LogP contribution is -2.29. The molecule has 22 heavy (non-hydrogen) atoms. The van der Waals surface area contributed by atoms with Gasteiger partial charge < -0.3 is 9.90 Å². The summed E-state index contributed by atoms with van der Waals surface area (Å²) >= 11 is 8.20. The van der Waals surface area contributed by atoms with E-state index in [-0.39, 0.29) is 12.3 Å². The van der Waals surface area contributed by atoms with E-state index in [2.05, 4.69) is 0 Å². The molecule has 1 amide bonds. The SMILES string of the molecule is Cc1ccsc1/C=C1\SC(=S)N(CCCCCC(=O)[O-])C1=O. The van der Waals surface area contributed by atoms with Crippen molar-refractivity contribution < 1.29 is 14.7 Å². The van der Waals surface area contributed by atoms with Crippen LogP contribution in [0.25, 0.3) is 6.08 Å². The predicted molar refractivity (Wildman–Crippen MR) is 92.4 cm³/mol. The van der Waals surface area contributed by atoms with Crippen LogP contribution in [0.2, 0.25) is 0 Å². The maximum atomic E-state index is 12.4. The largest absolute Gasteiger partial charge is 0.550 e. The molecule has 2 rings (SSSR count). The molecule has 1 aromatic heterocycles. The Labute approximate surface area is 143 Å². The first-order valence-electron chi connectivity index (χ1n) is 6.98. The molecule has 0 aliphatic carbocycles. The minimum atomic E-state index is -1.03. The zero-order chi connectivity index (χ0) is 16.1. The molecule has 0 saturated carbocycles. The topological polar surface area (TPSA) is 60.4 Å². The van der Waals surface area contributed by atoms with E-state index >= 15 is 0 Å². The molecule has 1 fully saturated rings. The molecule has 0 atom stereocenters. The van der Waals surface area contributed by atoms with Gasteiger partial charge >= 0.3 is 0 Å². The van der Waals surface area contributed by atoms with Crippen LogP contribution >= 0.6 is 35.3 Å². The summed E-state index contributed by atoms with van der Waals surface area (Å²) < 4.78 is 0.574. The fourth-order valence-corrected chi connectivity index (χ4v) is 4.28. The number of thioether (sulfide) groups is 1. The molecule has 1 aliphatic rings. The van der Waals surface area contributed by atoms with Crippen LogP contribution in [-0.2, 0) is 9.59 Å². The summed E-state index contributed by atoms with van der Waals surface area (Å²) in [6.45, 7) is 2.55. The molecule has 4 nitrogen and oxygen atoms in total. The van der Waals surface area contributed by atoms with E-state index < -0.39 is 5.97 Å². The standard InChI is InChI=1S/C15H17NO3S3/c1-10-6-8-21-11(10)9-12-14(19)16(15(20)22-12)7-4-2-3-5-13(17)18/h6,8-9H,2-5,7H2,1H3,(H,17,18)/p-1/b12-9-. The number of aliphatic carboxylic acids is 1. The molecule has 0 N–H and O–H groups in total. The van der Waals surface area contributed by atoms with Gasteiger partial charge in [0.1, 0.15) is 4.32 Å². The van der Waals surface area contributed by atoms with Crippen molar-refractivity contribution in [3.63, 3.8) is 0 Å². The molecule has 0 aromatic carbocycles. The molecule has 118 valence electrons. The van der Waals surface area contributed by atoms with Crippen molar-refractivity contribution in [1.29, 1.82) is 0 Å². The molecule has 0 radical (unpaired) electrons. The number of thiophene rings is 1. The summed E-state index contributed by atoms with van der Waals surface area (Å²) in [6.07, 6.45) is 4.02. The van der Waals surface area contributed by atoms with Gasteiger partial charge in [-0.2, -0.15) is 0 Å². The molecule has 1 aromatic rings. The van der Waals surface area contributed by atoms with Crippen molar-refractivity contribution in [1.82, 2.24) is 4.90 Å². The lowest BCUT2D eigenvalue weighted by atomic mass is 10.2. The second-order valence-corrected chi connectivity index (χ2v) is 7.61. The second-order valence-electron chi connectivity index (χ2n) is 4.98. The Morgan fingerprint density at radius 1 is 1.41 bits per heavy atom. The first kappa shape index (κ1) is 17.2. The number of carbonyl (C=O) groups excluding carboxylic acids is 2. The summed E-state index contributed by atoms with van der Waals surface area (Å²) in [5, 5.41) is 12.3. The number of carboxylic acids is 1. The summed E-state index contributed by atoms with van der Waals surface area (Å²) in [7, 11) is 0. The van der Waals surface area contributed by atoms with Gasteiger partial charge in [-0.3, -0.25) is 9.69 Å². The van der Waals surface area contributed by atoms with Gasteiger partial charge in [-0.15, -0.1) is 11.3 Å². The Balaban J connectivity index is 1.90. The lowest BCUT2D eigenvalue weighted by molar-refractivity contribution is -0.305. The van der Waals surface area contributed by atoms with Gasteiger partial charge in [-0.05, 0) is 49.3 Å². The first-order chi connectivity index (χ1) is 10.5. The van der Waals surface area contributed by atoms with Gasteiger partial charge in [-0.1, -0.05) is 30.4 Å². The highest BCUT2D eigenvalue weighted by Crippen LogP contribution is 2.34. The van der Waals surface area contributed by atoms with E-state index in [1.165, 1.54) is 11.8 Å². The van der Waals surface area contributed by atoms with Crippen molar-refractivity contribution >= 4 is 57.6 Å². The molecule has 2 heterocycles. The highest BCUT2D eigenvalue weighted by Gasteiger charge is 2.31. The van der Waals surface area contributed by atoms with Crippen LogP contribution in [0.15, 0.2) is 16.4 Å². The smallest absolute Gasteiger partial charge is 0.266 e. The van der Waals surface area contributed by atoms with Crippen LogP contribution < -0.4 is 5.11 Å². The second kappa shape index (κ2) is 7.89. The number of hydrogen-bond acceptors (Lipinski definition) is 6. The maximum absolute atomic E-state index is 12.4. The summed E-state index contributed by atoms with van der Waals surface area (Å²) in [6, 6.07) is 2.02. The van der Waals surface area contributed by atoms with Crippen LogP contribution in [0.5, 0.6) is 0 Å². The minimum absolute atomic E-state index is 0.0531. The molecule has 0 bridgehead atoms. The number of aryl methyl sites for hydroxylation is 1. The number of carboxylic acid groups (broad SMARTS) is 1. The third-order valence-corrected chi connectivity index (χ3v) is 5.64. The predicted octanol–water partition coefficient (Wildman–Crippen LogP) is 2.57. The summed E-state index contributed by atoms with van der Waals surface area (Å²) in [4.78, 5) is 26.1. The van der Waals surface area contributed by atoms with Crippen LogP contribution in [0.3, 0.4) is 0 Å². The Morgan fingerprint density at radius 3 is 2.82 bits per heavy atom.